The van der Waals surface area contributed by atoms with E-state index in [1.165, 1.54) is 18.2 Å². The van der Waals surface area contributed by atoms with Crippen LogP contribution in [0.2, 0.25) is 0 Å². The fourth-order valence-electron chi connectivity index (χ4n) is 1.25. The highest BCUT2D eigenvalue weighted by Gasteiger charge is 2.13. The first-order valence-electron chi connectivity index (χ1n) is 5.18. The largest absolute Gasteiger partial charge is 0.240 e. The lowest BCUT2D eigenvalue weighted by molar-refractivity contribution is 0.573. The van der Waals surface area contributed by atoms with E-state index in [0.29, 0.717) is 19.3 Å². The van der Waals surface area contributed by atoms with Gasteiger partial charge in [0, 0.05) is 13.0 Å². The number of hydrogen-bond acceptors (Lipinski definition) is 3. The molecule has 0 saturated heterocycles. The molecule has 4 nitrogen and oxygen atoms in total. The van der Waals surface area contributed by atoms with Crippen molar-refractivity contribution in [2.45, 2.75) is 24.2 Å². The highest BCUT2D eigenvalue weighted by atomic mass is 32.2. The molecule has 92 valence electrons. The molecule has 6 heteroatoms. The van der Waals surface area contributed by atoms with Crippen molar-refractivity contribution in [1.29, 1.82) is 5.26 Å². The van der Waals surface area contributed by atoms with Crippen LogP contribution in [0.1, 0.15) is 19.3 Å². The molecule has 0 aliphatic heterocycles. The zero-order valence-corrected chi connectivity index (χ0v) is 10.0. The molecule has 1 rings (SSSR count). The molecule has 0 bridgehead atoms. The van der Waals surface area contributed by atoms with Crippen LogP contribution in [-0.4, -0.2) is 15.0 Å². The zero-order valence-electron chi connectivity index (χ0n) is 9.19. The summed E-state index contributed by atoms with van der Waals surface area (Å²) in [5, 5.41) is 8.30. The Morgan fingerprint density at radius 2 is 2.12 bits per heavy atom. The maximum absolute atomic E-state index is 12.9. The van der Waals surface area contributed by atoms with Crippen LogP contribution < -0.4 is 4.72 Å². The molecule has 0 aliphatic rings. The van der Waals surface area contributed by atoms with E-state index >= 15 is 0 Å². The lowest BCUT2D eigenvalue weighted by Crippen LogP contribution is -2.24. The Kier molecular flexibility index (Phi) is 5.07. The Balaban J connectivity index is 2.55. The van der Waals surface area contributed by atoms with E-state index in [4.69, 9.17) is 5.26 Å². The molecule has 0 radical (unpaired) electrons. The smallest absolute Gasteiger partial charge is 0.211 e. The predicted octanol–water partition coefficient (Wildman–Crippen LogP) is 1.80. The average molecular weight is 256 g/mol. The molecule has 1 aromatic carbocycles. The van der Waals surface area contributed by atoms with Gasteiger partial charge in [-0.25, -0.2) is 17.5 Å². The zero-order chi connectivity index (χ0) is 12.7. The second-order valence-electron chi connectivity index (χ2n) is 3.47. The van der Waals surface area contributed by atoms with Crippen LogP contribution in [0.15, 0.2) is 29.2 Å². The molecule has 0 spiro atoms. The normalized spacial score (nSPS) is 11.1. The van der Waals surface area contributed by atoms with Crippen molar-refractivity contribution in [3.8, 4) is 6.07 Å². The number of nitriles is 1. The lowest BCUT2D eigenvalue weighted by atomic mass is 10.2. The van der Waals surface area contributed by atoms with Crippen molar-refractivity contribution in [3.05, 3.63) is 30.1 Å². The molecule has 0 unspecified atom stereocenters. The first-order chi connectivity index (χ1) is 8.06. The molecule has 0 atom stereocenters. The van der Waals surface area contributed by atoms with Crippen molar-refractivity contribution in [3.63, 3.8) is 0 Å². The van der Waals surface area contributed by atoms with Crippen LogP contribution in [0.5, 0.6) is 0 Å². The van der Waals surface area contributed by atoms with Gasteiger partial charge in [0.25, 0.3) is 0 Å². The first kappa shape index (κ1) is 13.6. The van der Waals surface area contributed by atoms with Gasteiger partial charge in [-0.15, -0.1) is 0 Å². The summed E-state index contributed by atoms with van der Waals surface area (Å²) in [6, 6.07) is 6.81. The quantitative estimate of drug-likeness (QED) is 0.789. The number of hydrogen-bond donors (Lipinski definition) is 1. The molecule has 1 aromatic rings. The number of rotatable bonds is 6. The van der Waals surface area contributed by atoms with E-state index in [1.807, 2.05) is 6.07 Å². The molecule has 0 amide bonds. The summed E-state index contributed by atoms with van der Waals surface area (Å²) in [5.41, 5.74) is 0. The van der Waals surface area contributed by atoms with Gasteiger partial charge in [-0.05, 0) is 31.0 Å². The van der Waals surface area contributed by atoms with Gasteiger partial charge in [0.1, 0.15) is 5.82 Å². The van der Waals surface area contributed by atoms with Crippen LogP contribution in [0.25, 0.3) is 0 Å². The van der Waals surface area contributed by atoms with Gasteiger partial charge < -0.3 is 0 Å². The topological polar surface area (TPSA) is 70.0 Å². The van der Waals surface area contributed by atoms with Crippen LogP contribution in [0.3, 0.4) is 0 Å². The number of unbranched alkanes of at least 4 members (excludes halogenated alkanes) is 2. The summed E-state index contributed by atoms with van der Waals surface area (Å²) >= 11 is 0. The van der Waals surface area contributed by atoms with E-state index in [9.17, 15) is 12.8 Å². The minimum atomic E-state index is -3.64. The monoisotopic (exact) mass is 256 g/mol. The van der Waals surface area contributed by atoms with E-state index in [1.54, 1.807) is 0 Å². The third kappa shape index (κ3) is 4.51. The number of benzene rings is 1. The second-order valence-corrected chi connectivity index (χ2v) is 5.24. The average Bonchev–Trinajstić information content (AvgIpc) is 2.29. The predicted molar refractivity (Wildman–Crippen MR) is 61.1 cm³/mol. The lowest BCUT2D eigenvalue weighted by Gasteiger charge is -2.05. The van der Waals surface area contributed by atoms with E-state index in [2.05, 4.69) is 4.72 Å². The Morgan fingerprint density at radius 1 is 1.35 bits per heavy atom. The molecular weight excluding hydrogens is 243 g/mol. The van der Waals surface area contributed by atoms with Gasteiger partial charge in [0.2, 0.25) is 10.0 Å². The standard InChI is InChI=1S/C11H13FN2O2S/c12-10-5-4-6-11(9-10)17(15,16)14-8-3-1-2-7-13/h4-6,9,14H,1-3,8H2. The molecule has 0 aliphatic carbocycles. The Bertz CT molecular complexity index is 508. The fraction of sp³-hybridized carbons (Fsp3) is 0.364. The maximum atomic E-state index is 12.9. The van der Waals surface area contributed by atoms with Crippen LogP contribution in [-0.2, 0) is 10.0 Å². The van der Waals surface area contributed by atoms with Gasteiger partial charge >= 0.3 is 0 Å². The minimum absolute atomic E-state index is 0.0854. The first-order valence-corrected chi connectivity index (χ1v) is 6.67. The summed E-state index contributed by atoms with van der Waals surface area (Å²) < 4.78 is 38.6. The fourth-order valence-corrected chi connectivity index (χ4v) is 2.36. The Labute approximate surface area is 100 Å². The highest BCUT2D eigenvalue weighted by Crippen LogP contribution is 2.10. The second kappa shape index (κ2) is 6.33. The van der Waals surface area contributed by atoms with Gasteiger partial charge in [0.05, 0.1) is 11.0 Å². The van der Waals surface area contributed by atoms with E-state index < -0.39 is 15.8 Å². The Morgan fingerprint density at radius 3 is 2.76 bits per heavy atom. The molecule has 0 fully saturated rings. The maximum Gasteiger partial charge on any atom is 0.240 e. The summed E-state index contributed by atoms with van der Waals surface area (Å²) in [5.74, 6) is -0.586. The highest BCUT2D eigenvalue weighted by molar-refractivity contribution is 7.89. The third-order valence-corrected chi connectivity index (χ3v) is 3.57. The minimum Gasteiger partial charge on any atom is -0.211 e. The summed E-state index contributed by atoms with van der Waals surface area (Å²) in [7, 11) is -3.64. The van der Waals surface area contributed by atoms with Crippen LogP contribution in [0.4, 0.5) is 4.39 Å². The van der Waals surface area contributed by atoms with Crippen LogP contribution >= 0.6 is 0 Å². The van der Waals surface area contributed by atoms with Crippen molar-refractivity contribution < 1.29 is 12.8 Å². The summed E-state index contributed by atoms with van der Waals surface area (Å²) in [6.07, 6.45) is 1.63. The van der Waals surface area contributed by atoms with Gasteiger partial charge in [0.15, 0.2) is 0 Å². The molecule has 1 N–H and O–H groups in total. The summed E-state index contributed by atoms with van der Waals surface area (Å²) in [6.45, 7) is 0.251. The van der Waals surface area contributed by atoms with E-state index in [0.717, 1.165) is 6.07 Å². The number of nitrogens with zero attached hydrogens (tertiary/aromatic N) is 1. The van der Waals surface area contributed by atoms with Gasteiger partial charge in [-0.1, -0.05) is 6.07 Å². The number of sulfonamides is 1. The van der Waals surface area contributed by atoms with Crippen LogP contribution in [0, 0.1) is 17.1 Å². The number of nitrogens with one attached hydrogen (secondary N) is 1. The third-order valence-electron chi connectivity index (χ3n) is 2.11. The molecular formula is C11H13FN2O2S. The Hall–Kier alpha value is -1.45. The van der Waals surface area contributed by atoms with Crippen molar-refractivity contribution in [2.75, 3.05) is 6.54 Å². The van der Waals surface area contributed by atoms with Crippen molar-refractivity contribution in [1.82, 2.24) is 4.72 Å². The van der Waals surface area contributed by atoms with Crippen molar-refractivity contribution >= 4 is 10.0 Å². The molecule has 17 heavy (non-hydrogen) atoms. The molecule has 0 aromatic heterocycles. The molecule has 0 heterocycles. The number of halogens is 1. The molecule has 0 saturated carbocycles. The van der Waals surface area contributed by atoms with Crippen molar-refractivity contribution in [2.24, 2.45) is 0 Å². The van der Waals surface area contributed by atoms with Gasteiger partial charge in [-0.3, -0.25) is 0 Å². The summed E-state index contributed by atoms with van der Waals surface area (Å²) in [4.78, 5) is -0.0854. The van der Waals surface area contributed by atoms with E-state index in [-0.39, 0.29) is 11.4 Å². The van der Waals surface area contributed by atoms with Gasteiger partial charge in [-0.2, -0.15) is 5.26 Å². The SMILES string of the molecule is N#CCCCCNS(=O)(=O)c1cccc(F)c1.